The predicted molar refractivity (Wildman–Crippen MR) is 178 cm³/mol. The van der Waals surface area contributed by atoms with Crippen molar-refractivity contribution in [1.82, 2.24) is 25.8 Å². The number of nitrogens with zero attached hydrogens (tertiary/aromatic N) is 3. The smallest absolute Gasteiger partial charge is 0.318 e. The molecule has 2 aromatic carbocycles. The molecule has 0 spiro atoms. The van der Waals surface area contributed by atoms with E-state index in [0.29, 0.717) is 30.9 Å². The Morgan fingerprint density at radius 1 is 1.07 bits per heavy atom. The van der Waals surface area contributed by atoms with Crippen LogP contribution < -0.4 is 21.3 Å². The first-order valence-corrected chi connectivity index (χ1v) is 15.7. The van der Waals surface area contributed by atoms with Gasteiger partial charge in [0, 0.05) is 35.5 Å². The molecule has 10 heteroatoms. The van der Waals surface area contributed by atoms with Crippen LogP contribution in [0.3, 0.4) is 0 Å². The fourth-order valence-corrected chi connectivity index (χ4v) is 6.53. The Morgan fingerprint density at radius 2 is 1.78 bits per heavy atom. The maximum Gasteiger partial charge on any atom is 0.318 e. The van der Waals surface area contributed by atoms with E-state index in [2.05, 4.69) is 58.7 Å². The Hall–Kier alpha value is -4.44. The number of anilines is 1. The molecule has 2 aliphatic heterocycles. The van der Waals surface area contributed by atoms with Crippen molar-refractivity contribution in [2.75, 3.05) is 39.0 Å². The molecule has 0 unspecified atom stereocenters. The minimum absolute atomic E-state index is 0.0354. The number of carbonyl (C=O) groups is 3. The number of aliphatic imine (C=N–C) groups is 1. The summed E-state index contributed by atoms with van der Waals surface area (Å²) in [6.07, 6.45) is 4.88. The van der Waals surface area contributed by atoms with Gasteiger partial charge in [0.25, 0.3) is 5.91 Å². The number of urea groups is 1. The molecule has 4 amide bonds. The van der Waals surface area contributed by atoms with Gasteiger partial charge in [0.05, 0.1) is 24.7 Å². The van der Waals surface area contributed by atoms with Crippen molar-refractivity contribution in [2.24, 2.45) is 4.99 Å². The van der Waals surface area contributed by atoms with Crippen LogP contribution >= 0.6 is 0 Å². The Bertz CT molecular complexity index is 1480. The molecule has 0 aromatic heterocycles. The third-order valence-electron chi connectivity index (χ3n) is 9.02. The topological polar surface area (TPSA) is 118 Å². The van der Waals surface area contributed by atoms with E-state index in [1.54, 1.807) is 24.3 Å². The van der Waals surface area contributed by atoms with Crippen LogP contribution in [0.2, 0.25) is 0 Å². The average molecular weight is 612 g/mol. The van der Waals surface area contributed by atoms with Gasteiger partial charge in [0.2, 0.25) is 5.91 Å². The van der Waals surface area contributed by atoms with Crippen LogP contribution in [0, 0.1) is 0 Å². The van der Waals surface area contributed by atoms with E-state index < -0.39 is 5.54 Å². The van der Waals surface area contributed by atoms with Gasteiger partial charge < -0.3 is 31.1 Å². The van der Waals surface area contributed by atoms with Gasteiger partial charge in [-0.3, -0.25) is 14.6 Å². The number of amides is 4. The minimum atomic E-state index is -0.460. The SMILES string of the molecule is C=CC(=O)Nc1ccc(C(=O)N[C@@H]2CCC[C@@H](NC3=NCC4=C3CN(C(=O)N[C@H](CN(C)C)c3ccccc3)C4(C)C)C2)cc1. The van der Waals surface area contributed by atoms with Crippen LogP contribution in [0.4, 0.5) is 10.5 Å². The first kappa shape index (κ1) is 32.0. The van der Waals surface area contributed by atoms with E-state index in [-0.39, 0.29) is 36.0 Å². The number of nitrogens with one attached hydrogen (secondary N) is 4. The summed E-state index contributed by atoms with van der Waals surface area (Å²) in [6.45, 7) is 9.43. The first-order chi connectivity index (χ1) is 21.5. The number of benzene rings is 2. The first-order valence-electron chi connectivity index (χ1n) is 15.7. The molecular weight excluding hydrogens is 566 g/mol. The van der Waals surface area contributed by atoms with E-state index in [0.717, 1.165) is 42.7 Å². The van der Waals surface area contributed by atoms with Gasteiger partial charge in [-0.2, -0.15) is 0 Å². The van der Waals surface area contributed by atoms with Crippen molar-refractivity contribution in [3.05, 3.63) is 89.5 Å². The zero-order valence-corrected chi connectivity index (χ0v) is 26.7. The van der Waals surface area contributed by atoms with Crippen molar-refractivity contribution < 1.29 is 14.4 Å². The number of likely N-dealkylation sites (N-methyl/N-ethyl adjacent to an activating group) is 1. The van der Waals surface area contributed by atoms with E-state index in [1.165, 1.54) is 11.6 Å². The van der Waals surface area contributed by atoms with Crippen molar-refractivity contribution in [3.8, 4) is 0 Å². The van der Waals surface area contributed by atoms with Crippen LogP contribution in [0.15, 0.2) is 83.4 Å². The molecule has 0 bridgehead atoms. The molecule has 5 rings (SSSR count). The lowest BCUT2D eigenvalue weighted by Crippen LogP contribution is -2.52. The molecule has 1 fully saturated rings. The van der Waals surface area contributed by atoms with Crippen LogP contribution in [-0.4, -0.2) is 84.8 Å². The van der Waals surface area contributed by atoms with Crippen molar-refractivity contribution >= 4 is 29.4 Å². The largest absolute Gasteiger partial charge is 0.367 e. The van der Waals surface area contributed by atoms with Gasteiger partial charge in [-0.05, 0) is 95.1 Å². The maximum atomic E-state index is 13.7. The Balaban J connectivity index is 1.18. The van der Waals surface area contributed by atoms with Crippen molar-refractivity contribution in [3.63, 3.8) is 0 Å². The van der Waals surface area contributed by atoms with Gasteiger partial charge in [0.15, 0.2) is 0 Å². The van der Waals surface area contributed by atoms with Gasteiger partial charge in [-0.1, -0.05) is 36.9 Å². The summed E-state index contributed by atoms with van der Waals surface area (Å²) >= 11 is 0. The summed E-state index contributed by atoms with van der Waals surface area (Å²) in [5.74, 6) is 0.444. The van der Waals surface area contributed by atoms with E-state index in [9.17, 15) is 14.4 Å². The fraction of sp³-hybridized carbons (Fsp3) is 0.429. The second-order valence-electron chi connectivity index (χ2n) is 12.9. The summed E-state index contributed by atoms with van der Waals surface area (Å²) in [6, 6.07) is 16.9. The highest BCUT2D eigenvalue weighted by Crippen LogP contribution is 2.38. The molecule has 238 valence electrons. The molecule has 1 saturated carbocycles. The van der Waals surface area contributed by atoms with Crippen LogP contribution in [0.5, 0.6) is 0 Å². The van der Waals surface area contributed by atoms with E-state index >= 15 is 0 Å². The lowest BCUT2D eigenvalue weighted by molar-refractivity contribution is -0.111. The average Bonchev–Trinajstić information content (AvgIpc) is 3.54. The van der Waals surface area contributed by atoms with Gasteiger partial charge >= 0.3 is 6.03 Å². The molecule has 10 nitrogen and oxygen atoms in total. The van der Waals surface area contributed by atoms with Crippen molar-refractivity contribution in [2.45, 2.75) is 63.2 Å². The minimum Gasteiger partial charge on any atom is -0.367 e. The van der Waals surface area contributed by atoms with Crippen LogP contribution in [-0.2, 0) is 4.79 Å². The number of hydrogen-bond donors (Lipinski definition) is 4. The quantitative estimate of drug-likeness (QED) is 0.316. The van der Waals surface area contributed by atoms with Gasteiger partial charge in [0.1, 0.15) is 5.84 Å². The standard InChI is InChI=1S/C35H45N7O3/c1-6-31(43)37-25-17-15-24(16-18-25)33(44)39-27-14-10-13-26(19-27)38-32-28-21-42(35(2,3)29(28)20-36-32)34(45)40-30(22-41(4)5)23-11-8-7-9-12-23/h6-9,11-12,15-18,26-27,30H,1,10,13-14,19-22H2,2-5H3,(H,36,38)(H,37,43)(H,39,44)(H,40,45)/t26-,27-,30-/m1/s1. The highest BCUT2D eigenvalue weighted by molar-refractivity contribution is 6.04. The molecule has 0 saturated heterocycles. The van der Waals surface area contributed by atoms with E-state index in [4.69, 9.17) is 4.99 Å². The fourth-order valence-electron chi connectivity index (χ4n) is 6.53. The zero-order valence-electron chi connectivity index (χ0n) is 26.7. The highest BCUT2D eigenvalue weighted by atomic mass is 16.2. The Labute approximate surface area is 266 Å². The molecule has 2 aromatic rings. The van der Waals surface area contributed by atoms with Crippen molar-refractivity contribution in [1.29, 1.82) is 0 Å². The van der Waals surface area contributed by atoms with Crippen LogP contribution in [0.1, 0.15) is 61.5 Å². The third-order valence-corrected chi connectivity index (χ3v) is 9.02. The van der Waals surface area contributed by atoms with Gasteiger partial charge in [-0.15, -0.1) is 0 Å². The molecule has 1 aliphatic carbocycles. The third kappa shape index (κ3) is 7.45. The summed E-state index contributed by atoms with van der Waals surface area (Å²) < 4.78 is 0. The molecule has 0 radical (unpaired) electrons. The second kappa shape index (κ2) is 13.7. The van der Waals surface area contributed by atoms with E-state index in [1.807, 2.05) is 37.2 Å². The summed E-state index contributed by atoms with van der Waals surface area (Å²) in [5.41, 5.74) is 4.06. The summed E-state index contributed by atoms with van der Waals surface area (Å²) in [7, 11) is 4.02. The number of amidine groups is 1. The molecule has 2 heterocycles. The normalized spacial score (nSPS) is 21.1. The predicted octanol–water partition coefficient (Wildman–Crippen LogP) is 4.26. The Kier molecular flexibility index (Phi) is 9.72. The molecule has 4 N–H and O–H groups in total. The lowest BCUT2D eigenvalue weighted by Gasteiger charge is -2.36. The highest BCUT2D eigenvalue weighted by Gasteiger charge is 2.46. The monoisotopic (exact) mass is 611 g/mol. The molecular formula is C35H45N7O3. The lowest BCUT2D eigenvalue weighted by atomic mass is 9.90. The zero-order chi connectivity index (χ0) is 32.1. The molecule has 45 heavy (non-hydrogen) atoms. The number of hydrogen-bond acceptors (Lipinski definition) is 6. The van der Waals surface area contributed by atoms with Gasteiger partial charge in [-0.25, -0.2) is 4.79 Å². The second-order valence-corrected chi connectivity index (χ2v) is 12.9. The summed E-state index contributed by atoms with van der Waals surface area (Å²) in [5, 5.41) is 12.9. The molecule has 3 aliphatic rings. The van der Waals surface area contributed by atoms with Crippen LogP contribution in [0.25, 0.3) is 0 Å². The molecule has 3 atom stereocenters. The summed E-state index contributed by atoms with van der Waals surface area (Å²) in [4.78, 5) is 47.1. The maximum absolute atomic E-state index is 13.7. The number of rotatable bonds is 9. The Morgan fingerprint density at radius 3 is 2.47 bits per heavy atom. The number of carbonyl (C=O) groups excluding carboxylic acids is 3.